The lowest BCUT2D eigenvalue weighted by Gasteiger charge is -2.11. The molecule has 0 bridgehead atoms. The van der Waals surface area contributed by atoms with Crippen LogP contribution in [0, 0.1) is 12.3 Å². The molecule has 5 nitrogen and oxygen atoms in total. The molecule has 0 radical (unpaired) electrons. The molecule has 2 rings (SSSR count). The summed E-state index contributed by atoms with van der Waals surface area (Å²) in [6.45, 7) is -0.0183. The first-order chi connectivity index (χ1) is 12.1. The van der Waals surface area contributed by atoms with Crippen LogP contribution in [0.3, 0.4) is 0 Å². The summed E-state index contributed by atoms with van der Waals surface area (Å²) in [5.74, 6) is 1.56. The van der Waals surface area contributed by atoms with Crippen LogP contribution in [0.2, 0.25) is 0 Å². The number of hydrogen-bond donors (Lipinski definition) is 1. The van der Waals surface area contributed by atoms with Crippen molar-refractivity contribution in [2.45, 2.75) is 6.61 Å². The number of halogens is 1. The lowest BCUT2D eigenvalue weighted by Crippen LogP contribution is -2.29. The van der Waals surface area contributed by atoms with E-state index in [4.69, 9.17) is 15.9 Å². The molecule has 2 aromatic rings. The van der Waals surface area contributed by atoms with Gasteiger partial charge in [0.15, 0.2) is 6.61 Å². The Morgan fingerprint density at radius 3 is 2.72 bits per heavy atom. The Bertz CT molecular complexity index is 798. The Morgan fingerprint density at radius 2 is 1.96 bits per heavy atom. The van der Waals surface area contributed by atoms with Crippen molar-refractivity contribution in [3.8, 4) is 18.1 Å². The fourth-order valence-electron chi connectivity index (χ4n) is 1.96. The van der Waals surface area contributed by atoms with Gasteiger partial charge in [-0.3, -0.25) is 4.79 Å². The number of carbonyl (C=O) groups excluding carboxylic acids is 2. The fraction of sp³-hybridized carbons (Fsp3) is 0.158. The Labute approximate surface area is 154 Å². The normalized spacial score (nSPS) is 9.76. The topological polar surface area (TPSA) is 64.6 Å². The third kappa shape index (κ3) is 5.98. The predicted molar refractivity (Wildman–Crippen MR) is 97.0 cm³/mol. The minimum atomic E-state index is -0.638. The molecule has 6 heteroatoms. The van der Waals surface area contributed by atoms with Gasteiger partial charge < -0.3 is 14.8 Å². The van der Waals surface area contributed by atoms with Gasteiger partial charge in [0.05, 0.1) is 6.54 Å². The SMILES string of the molecule is C#CCNC(=O)COC(=O)c1ccccc1OCc1cccc(Br)c1. The fourth-order valence-corrected chi connectivity index (χ4v) is 2.41. The molecule has 1 N–H and O–H groups in total. The van der Waals surface area contributed by atoms with Gasteiger partial charge in [0.2, 0.25) is 0 Å². The molecule has 0 fully saturated rings. The number of benzene rings is 2. The van der Waals surface area contributed by atoms with E-state index in [0.29, 0.717) is 12.4 Å². The summed E-state index contributed by atoms with van der Waals surface area (Å²) in [7, 11) is 0. The zero-order chi connectivity index (χ0) is 18.1. The summed E-state index contributed by atoms with van der Waals surface area (Å²) in [6, 6.07) is 14.4. The van der Waals surface area contributed by atoms with Gasteiger partial charge in [-0.25, -0.2) is 4.79 Å². The zero-order valence-electron chi connectivity index (χ0n) is 13.3. The van der Waals surface area contributed by atoms with Crippen LogP contribution in [0.4, 0.5) is 0 Å². The molecule has 128 valence electrons. The molecule has 0 aromatic heterocycles. The molecule has 0 aliphatic carbocycles. The largest absolute Gasteiger partial charge is 0.488 e. The van der Waals surface area contributed by atoms with Gasteiger partial charge >= 0.3 is 5.97 Å². The van der Waals surface area contributed by atoms with Crippen LogP contribution in [-0.2, 0) is 16.1 Å². The number of amides is 1. The summed E-state index contributed by atoms with van der Waals surface area (Å²) in [6.07, 6.45) is 5.04. The molecule has 0 unspecified atom stereocenters. The van der Waals surface area contributed by atoms with Gasteiger partial charge in [-0.15, -0.1) is 6.42 Å². The third-order valence-electron chi connectivity index (χ3n) is 3.11. The molecular formula is C19H16BrNO4. The highest BCUT2D eigenvalue weighted by atomic mass is 79.9. The van der Waals surface area contributed by atoms with Gasteiger partial charge in [-0.1, -0.05) is 46.1 Å². The maximum absolute atomic E-state index is 12.2. The van der Waals surface area contributed by atoms with E-state index >= 15 is 0 Å². The molecule has 0 aliphatic rings. The Morgan fingerprint density at radius 1 is 1.16 bits per heavy atom. The van der Waals surface area contributed by atoms with Crippen molar-refractivity contribution in [2.75, 3.05) is 13.2 Å². The number of nitrogens with one attached hydrogen (secondary N) is 1. The number of para-hydroxylation sites is 1. The van der Waals surface area contributed by atoms with Crippen LogP contribution in [0.5, 0.6) is 5.75 Å². The van der Waals surface area contributed by atoms with Crippen molar-refractivity contribution < 1.29 is 19.1 Å². The maximum Gasteiger partial charge on any atom is 0.342 e. The number of ether oxygens (including phenoxy) is 2. The van der Waals surface area contributed by atoms with Gasteiger partial charge in [0.1, 0.15) is 17.9 Å². The van der Waals surface area contributed by atoms with E-state index in [9.17, 15) is 9.59 Å². The first kappa shape index (κ1) is 18.6. The summed E-state index contributed by atoms with van der Waals surface area (Å²) in [5, 5.41) is 2.42. The Hall–Kier alpha value is -2.78. The number of rotatable bonds is 7. The highest BCUT2D eigenvalue weighted by molar-refractivity contribution is 9.10. The third-order valence-corrected chi connectivity index (χ3v) is 3.61. The number of esters is 1. The van der Waals surface area contributed by atoms with Crippen LogP contribution in [0.1, 0.15) is 15.9 Å². The van der Waals surface area contributed by atoms with Gasteiger partial charge in [0, 0.05) is 4.47 Å². The summed E-state index contributed by atoms with van der Waals surface area (Å²) in [5.41, 5.74) is 1.20. The molecular weight excluding hydrogens is 386 g/mol. The molecule has 0 atom stereocenters. The number of terminal acetylenes is 1. The van der Waals surface area contributed by atoms with E-state index in [0.717, 1.165) is 10.0 Å². The molecule has 1 amide bonds. The number of carbonyl (C=O) groups is 2. The molecule has 0 saturated heterocycles. The highest BCUT2D eigenvalue weighted by Gasteiger charge is 2.15. The maximum atomic E-state index is 12.2. The van der Waals surface area contributed by atoms with E-state index in [1.165, 1.54) is 0 Å². The first-order valence-corrected chi connectivity index (χ1v) is 8.23. The van der Waals surface area contributed by atoms with Crippen molar-refractivity contribution in [3.63, 3.8) is 0 Å². The smallest absolute Gasteiger partial charge is 0.342 e. The summed E-state index contributed by atoms with van der Waals surface area (Å²) < 4.78 is 11.7. The van der Waals surface area contributed by atoms with Crippen molar-refractivity contribution in [1.29, 1.82) is 0 Å². The summed E-state index contributed by atoms with van der Waals surface area (Å²) in [4.78, 5) is 23.6. The van der Waals surface area contributed by atoms with E-state index in [1.54, 1.807) is 24.3 Å². The van der Waals surface area contributed by atoms with Crippen LogP contribution in [-0.4, -0.2) is 25.0 Å². The molecule has 0 saturated carbocycles. The average Bonchev–Trinajstić information content (AvgIpc) is 2.63. The van der Waals surface area contributed by atoms with Crippen molar-refractivity contribution in [1.82, 2.24) is 5.32 Å². The average molecular weight is 402 g/mol. The van der Waals surface area contributed by atoms with Crippen LogP contribution >= 0.6 is 15.9 Å². The minimum absolute atomic E-state index is 0.0860. The molecule has 2 aromatic carbocycles. The second-order valence-electron chi connectivity index (χ2n) is 4.97. The van der Waals surface area contributed by atoms with Crippen LogP contribution in [0.25, 0.3) is 0 Å². The second-order valence-corrected chi connectivity index (χ2v) is 5.89. The first-order valence-electron chi connectivity index (χ1n) is 7.43. The van der Waals surface area contributed by atoms with Gasteiger partial charge in [0.25, 0.3) is 5.91 Å². The minimum Gasteiger partial charge on any atom is -0.488 e. The zero-order valence-corrected chi connectivity index (χ0v) is 14.9. The lowest BCUT2D eigenvalue weighted by molar-refractivity contribution is -0.123. The highest BCUT2D eigenvalue weighted by Crippen LogP contribution is 2.21. The Kier molecular flexibility index (Phi) is 7.05. The van der Waals surface area contributed by atoms with Gasteiger partial charge in [-0.05, 0) is 29.8 Å². The van der Waals surface area contributed by atoms with Gasteiger partial charge in [-0.2, -0.15) is 0 Å². The van der Waals surface area contributed by atoms with E-state index in [2.05, 4.69) is 27.2 Å². The van der Waals surface area contributed by atoms with Crippen molar-refractivity contribution >= 4 is 27.8 Å². The standard InChI is InChI=1S/C19H16BrNO4/c1-2-10-21-18(22)13-25-19(23)16-8-3-4-9-17(16)24-12-14-6-5-7-15(20)11-14/h1,3-9,11H,10,12-13H2,(H,21,22). The molecule has 25 heavy (non-hydrogen) atoms. The lowest BCUT2D eigenvalue weighted by atomic mass is 10.2. The van der Waals surface area contributed by atoms with E-state index < -0.39 is 18.5 Å². The number of hydrogen-bond acceptors (Lipinski definition) is 4. The molecule has 0 aliphatic heterocycles. The summed E-state index contributed by atoms with van der Waals surface area (Å²) >= 11 is 3.40. The molecule has 0 spiro atoms. The van der Waals surface area contributed by atoms with Crippen LogP contribution in [0.15, 0.2) is 53.0 Å². The quantitative estimate of drug-likeness (QED) is 0.572. The predicted octanol–water partition coefficient (Wildman–Crippen LogP) is 2.93. The van der Waals surface area contributed by atoms with Crippen LogP contribution < -0.4 is 10.1 Å². The van der Waals surface area contributed by atoms with E-state index in [1.807, 2.05) is 24.3 Å². The van der Waals surface area contributed by atoms with Crippen molar-refractivity contribution in [2.24, 2.45) is 0 Å². The second kappa shape index (κ2) is 9.50. The Balaban J connectivity index is 1.98. The van der Waals surface area contributed by atoms with Crippen molar-refractivity contribution in [3.05, 3.63) is 64.1 Å². The monoisotopic (exact) mass is 401 g/mol. The molecule has 0 heterocycles. The van der Waals surface area contributed by atoms with E-state index in [-0.39, 0.29) is 12.1 Å².